The van der Waals surface area contributed by atoms with Gasteiger partial charge in [0.2, 0.25) is 0 Å². The first-order chi connectivity index (χ1) is 7.97. The highest BCUT2D eigenvalue weighted by Crippen LogP contribution is 2.27. The van der Waals surface area contributed by atoms with Gasteiger partial charge in [0.1, 0.15) is 0 Å². The predicted molar refractivity (Wildman–Crippen MR) is 70.4 cm³/mol. The molecule has 1 aliphatic carbocycles. The molecule has 0 N–H and O–H groups in total. The maximum atomic E-state index is 10.8. The lowest BCUT2D eigenvalue weighted by Gasteiger charge is -2.20. The van der Waals surface area contributed by atoms with Gasteiger partial charge in [-0.3, -0.25) is 4.18 Å². The van der Waals surface area contributed by atoms with Gasteiger partial charge in [-0.15, -0.1) is 0 Å². The third-order valence-corrected chi connectivity index (χ3v) is 3.91. The van der Waals surface area contributed by atoms with E-state index in [1.165, 1.54) is 37.7 Å². The van der Waals surface area contributed by atoms with E-state index >= 15 is 0 Å². The zero-order chi connectivity index (χ0) is 12.7. The van der Waals surface area contributed by atoms with Crippen LogP contribution in [0.5, 0.6) is 0 Å². The molecule has 0 aromatic carbocycles. The first kappa shape index (κ1) is 14.7. The molecule has 4 heteroatoms. The van der Waals surface area contributed by atoms with E-state index in [0.29, 0.717) is 6.42 Å². The Kier molecular flexibility index (Phi) is 6.20. The second-order valence-electron chi connectivity index (χ2n) is 5.07. The average Bonchev–Trinajstić information content (AvgIpc) is 2.26. The molecule has 0 spiro atoms. The Morgan fingerprint density at radius 3 is 2.53 bits per heavy atom. The van der Waals surface area contributed by atoms with E-state index < -0.39 is 10.1 Å². The van der Waals surface area contributed by atoms with Crippen molar-refractivity contribution >= 4 is 10.1 Å². The van der Waals surface area contributed by atoms with Crippen LogP contribution in [0.4, 0.5) is 0 Å². The molecule has 0 amide bonds. The maximum absolute atomic E-state index is 10.8. The van der Waals surface area contributed by atoms with Crippen molar-refractivity contribution in [1.29, 1.82) is 0 Å². The first-order valence-corrected chi connectivity index (χ1v) is 8.29. The van der Waals surface area contributed by atoms with Gasteiger partial charge in [-0.25, -0.2) is 0 Å². The minimum atomic E-state index is -3.28. The van der Waals surface area contributed by atoms with Crippen LogP contribution in [0.2, 0.25) is 0 Å². The molecule has 17 heavy (non-hydrogen) atoms. The van der Waals surface area contributed by atoms with Crippen LogP contribution in [0.3, 0.4) is 0 Å². The molecule has 0 radical (unpaired) electrons. The fourth-order valence-electron chi connectivity index (χ4n) is 2.25. The van der Waals surface area contributed by atoms with Crippen LogP contribution in [-0.4, -0.2) is 21.3 Å². The van der Waals surface area contributed by atoms with E-state index in [1.807, 2.05) is 0 Å². The topological polar surface area (TPSA) is 43.4 Å². The summed E-state index contributed by atoms with van der Waals surface area (Å²) in [5, 5.41) is 0. The van der Waals surface area contributed by atoms with Crippen LogP contribution in [0.1, 0.15) is 51.9 Å². The number of allylic oxidation sites excluding steroid dienone is 1. The van der Waals surface area contributed by atoms with Crippen LogP contribution >= 0.6 is 0 Å². The Labute approximate surface area is 105 Å². The fraction of sp³-hybridized carbons (Fsp3) is 0.846. The Morgan fingerprint density at radius 2 is 1.94 bits per heavy atom. The molecule has 1 saturated carbocycles. The van der Waals surface area contributed by atoms with Gasteiger partial charge < -0.3 is 0 Å². The third kappa shape index (κ3) is 7.55. The summed E-state index contributed by atoms with van der Waals surface area (Å²) >= 11 is 0. The van der Waals surface area contributed by atoms with Gasteiger partial charge in [0.05, 0.1) is 12.9 Å². The molecule has 0 aliphatic heterocycles. The lowest BCUT2D eigenvalue weighted by Crippen LogP contribution is -2.06. The Hall–Kier alpha value is -0.350. The van der Waals surface area contributed by atoms with Crippen LogP contribution in [-0.2, 0) is 14.3 Å². The molecular weight excluding hydrogens is 236 g/mol. The molecule has 0 aromatic rings. The number of rotatable bonds is 6. The summed E-state index contributed by atoms with van der Waals surface area (Å²) in [4.78, 5) is 0. The molecule has 0 atom stereocenters. The Bertz CT molecular complexity index is 338. The lowest BCUT2D eigenvalue weighted by molar-refractivity contribution is 0.324. The van der Waals surface area contributed by atoms with Crippen molar-refractivity contribution in [2.75, 3.05) is 12.9 Å². The molecule has 0 bridgehead atoms. The van der Waals surface area contributed by atoms with Gasteiger partial charge in [0.15, 0.2) is 0 Å². The van der Waals surface area contributed by atoms with Crippen molar-refractivity contribution in [3.8, 4) is 0 Å². The summed E-state index contributed by atoms with van der Waals surface area (Å²) in [6.45, 7) is 2.32. The van der Waals surface area contributed by atoms with E-state index in [0.717, 1.165) is 18.6 Å². The van der Waals surface area contributed by atoms with Gasteiger partial charge in [0, 0.05) is 0 Å². The molecule has 0 unspecified atom stereocenters. The summed E-state index contributed by atoms with van der Waals surface area (Å²) in [6.07, 6.45) is 12.0. The zero-order valence-electron chi connectivity index (χ0n) is 10.9. The molecule has 3 nitrogen and oxygen atoms in total. The standard InChI is InChI=1S/C13H24O3S/c1-12(10-11-16-17(2,14)15)8-9-13-6-4-3-5-7-13/h8,13H,3-7,9-11H2,1-2H3. The van der Waals surface area contributed by atoms with Crippen molar-refractivity contribution < 1.29 is 12.6 Å². The largest absolute Gasteiger partial charge is 0.270 e. The van der Waals surface area contributed by atoms with Crippen LogP contribution in [0.15, 0.2) is 11.6 Å². The SMILES string of the molecule is CC(=CCC1CCCCC1)CCOS(C)(=O)=O. The summed E-state index contributed by atoms with van der Waals surface area (Å²) < 4.78 is 26.3. The Morgan fingerprint density at radius 1 is 1.29 bits per heavy atom. The van der Waals surface area contributed by atoms with E-state index in [9.17, 15) is 8.42 Å². The van der Waals surface area contributed by atoms with Crippen molar-refractivity contribution in [3.05, 3.63) is 11.6 Å². The van der Waals surface area contributed by atoms with E-state index in [1.54, 1.807) is 0 Å². The van der Waals surface area contributed by atoms with Crippen LogP contribution in [0, 0.1) is 5.92 Å². The molecule has 0 aromatic heterocycles. The van der Waals surface area contributed by atoms with Crippen molar-refractivity contribution in [2.24, 2.45) is 5.92 Å². The normalized spacial score (nSPS) is 19.5. The smallest absolute Gasteiger partial charge is 0.264 e. The first-order valence-electron chi connectivity index (χ1n) is 6.47. The molecule has 0 saturated heterocycles. The monoisotopic (exact) mass is 260 g/mol. The molecule has 1 aliphatic rings. The van der Waals surface area contributed by atoms with E-state index in [4.69, 9.17) is 4.18 Å². The van der Waals surface area contributed by atoms with Gasteiger partial charge in [-0.2, -0.15) is 8.42 Å². The predicted octanol–water partition coefficient (Wildman–Crippen LogP) is 3.27. The molecule has 1 rings (SSSR count). The highest BCUT2D eigenvalue weighted by atomic mass is 32.2. The zero-order valence-corrected chi connectivity index (χ0v) is 11.8. The second-order valence-corrected chi connectivity index (χ2v) is 6.71. The highest BCUT2D eigenvalue weighted by molar-refractivity contribution is 7.85. The molecular formula is C13H24O3S. The molecule has 100 valence electrons. The second kappa shape index (κ2) is 7.17. The molecule has 0 heterocycles. The van der Waals surface area contributed by atoms with Gasteiger partial charge >= 0.3 is 0 Å². The average molecular weight is 260 g/mol. The summed E-state index contributed by atoms with van der Waals surface area (Å²) in [6, 6.07) is 0. The van der Waals surface area contributed by atoms with Gasteiger partial charge in [-0.1, -0.05) is 43.8 Å². The van der Waals surface area contributed by atoms with Gasteiger partial charge in [-0.05, 0) is 25.7 Å². The highest BCUT2D eigenvalue weighted by Gasteiger charge is 2.11. The summed E-state index contributed by atoms with van der Waals surface area (Å²) in [7, 11) is -3.28. The summed E-state index contributed by atoms with van der Waals surface area (Å²) in [5.74, 6) is 0.842. The van der Waals surface area contributed by atoms with E-state index in [2.05, 4.69) is 13.0 Å². The third-order valence-electron chi connectivity index (χ3n) is 3.32. The number of hydrogen-bond acceptors (Lipinski definition) is 3. The van der Waals surface area contributed by atoms with Crippen molar-refractivity contribution in [2.45, 2.75) is 51.9 Å². The van der Waals surface area contributed by atoms with Crippen LogP contribution < -0.4 is 0 Å². The van der Waals surface area contributed by atoms with Crippen molar-refractivity contribution in [1.82, 2.24) is 0 Å². The quantitative estimate of drug-likeness (QED) is 0.544. The Balaban J connectivity index is 2.19. The van der Waals surface area contributed by atoms with E-state index in [-0.39, 0.29) is 6.61 Å². The minimum Gasteiger partial charge on any atom is -0.270 e. The minimum absolute atomic E-state index is 0.270. The lowest BCUT2D eigenvalue weighted by atomic mass is 9.86. The maximum Gasteiger partial charge on any atom is 0.264 e. The van der Waals surface area contributed by atoms with Gasteiger partial charge in [0.25, 0.3) is 10.1 Å². The fourth-order valence-corrected chi connectivity index (χ4v) is 2.63. The van der Waals surface area contributed by atoms with Crippen molar-refractivity contribution in [3.63, 3.8) is 0 Å². The number of hydrogen-bond donors (Lipinski definition) is 0. The summed E-state index contributed by atoms with van der Waals surface area (Å²) in [5.41, 5.74) is 1.24. The van der Waals surface area contributed by atoms with Crippen LogP contribution in [0.25, 0.3) is 0 Å². The molecule has 1 fully saturated rings.